The van der Waals surface area contributed by atoms with Crippen LogP contribution in [0.3, 0.4) is 0 Å². The first-order valence-electron chi connectivity index (χ1n) is 22.3. The van der Waals surface area contributed by atoms with Crippen molar-refractivity contribution in [3.05, 3.63) is 240 Å². The van der Waals surface area contributed by atoms with Crippen LogP contribution in [0.2, 0.25) is 0 Å². The molecule has 1 aliphatic carbocycles. The lowest BCUT2D eigenvalue weighted by atomic mass is 9.61. The first-order valence-corrected chi connectivity index (χ1v) is 22.3. The van der Waals surface area contributed by atoms with Gasteiger partial charge in [-0.1, -0.05) is 146 Å². The van der Waals surface area contributed by atoms with E-state index >= 15 is 0 Å². The molecule has 304 valence electrons. The zero-order chi connectivity index (χ0) is 41.9. The van der Waals surface area contributed by atoms with Crippen LogP contribution < -0.4 is 15.4 Å². The number of nitrogens with zero attached hydrogens (tertiary/aromatic N) is 3. The Balaban J connectivity index is 0.964. The van der Waals surface area contributed by atoms with E-state index in [1.165, 1.54) is 49.4 Å². The van der Waals surface area contributed by atoms with E-state index in [0.717, 1.165) is 62.7 Å². The molecule has 0 saturated carbocycles. The fourth-order valence-electron chi connectivity index (χ4n) is 11.4. The normalized spacial score (nSPS) is 20.5. The Bertz CT molecular complexity index is 3650. The quantitative estimate of drug-likeness (QED) is 0.186. The molecular formula is C58H41N5O. The Kier molecular flexibility index (Phi) is 7.54. The van der Waals surface area contributed by atoms with Gasteiger partial charge >= 0.3 is 0 Å². The Labute approximate surface area is 370 Å². The molecular weight excluding hydrogens is 783 g/mol. The minimum atomic E-state index is -0.647. The summed E-state index contributed by atoms with van der Waals surface area (Å²) in [6.45, 7) is 0. The summed E-state index contributed by atoms with van der Waals surface area (Å²) >= 11 is 0. The molecule has 3 aliphatic heterocycles. The van der Waals surface area contributed by atoms with Crippen molar-refractivity contribution in [3.63, 3.8) is 0 Å². The van der Waals surface area contributed by atoms with Crippen molar-refractivity contribution in [1.29, 1.82) is 0 Å². The van der Waals surface area contributed by atoms with Gasteiger partial charge in [0, 0.05) is 55.9 Å². The summed E-state index contributed by atoms with van der Waals surface area (Å²) in [6.07, 6.45) is 9.64. The Hall–Kier alpha value is -7.93. The lowest BCUT2D eigenvalue weighted by molar-refractivity contribution is 0.328. The van der Waals surface area contributed by atoms with Gasteiger partial charge in [-0.25, -0.2) is 4.99 Å². The maximum absolute atomic E-state index is 7.10. The van der Waals surface area contributed by atoms with E-state index in [1.807, 2.05) is 0 Å². The summed E-state index contributed by atoms with van der Waals surface area (Å²) in [5.41, 5.74) is 13.3. The van der Waals surface area contributed by atoms with E-state index in [2.05, 4.69) is 226 Å². The molecule has 4 aliphatic rings. The van der Waals surface area contributed by atoms with Crippen molar-refractivity contribution in [1.82, 2.24) is 19.8 Å². The van der Waals surface area contributed by atoms with Crippen LogP contribution in [0.5, 0.6) is 11.5 Å². The van der Waals surface area contributed by atoms with Crippen molar-refractivity contribution in [2.45, 2.75) is 24.2 Å². The Morgan fingerprint density at radius 3 is 2.08 bits per heavy atom. The third-order valence-electron chi connectivity index (χ3n) is 14.2. The SMILES string of the molecule is C1=CCC(C2NC(c3ccc(-n4c5ccccc5c5cc6c(cc54)Oc4ccccc4C64c5ccccc5-n5c6ccccc6c6cccc4c65)cc3)=NC(c3ccccc3)N2)C=C1. The third-order valence-corrected chi connectivity index (χ3v) is 14.2. The van der Waals surface area contributed by atoms with E-state index in [0.29, 0.717) is 5.92 Å². The molecule has 14 rings (SSSR count). The lowest BCUT2D eigenvalue weighted by Gasteiger charge is -2.45. The molecule has 64 heavy (non-hydrogen) atoms. The molecule has 4 atom stereocenters. The minimum absolute atomic E-state index is 0.0296. The van der Waals surface area contributed by atoms with Crippen LogP contribution in [0.15, 0.2) is 211 Å². The van der Waals surface area contributed by atoms with E-state index in [9.17, 15) is 0 Å². The van der Waals surface area contributed by atoms with Crippen molar-refractivity contribution in [3.8, 4) is 22.9 Å². The highest BCUT2D eigenvalue weighted by Crippen LogP contribution is 2.61. The van der Waals surface area contributed by atoms with Crippen molar-refractivity contribution < 1.29 is 4.74 Å². The number of para-hydroxylation sites is 5. The third kappa shape index (κ3) is 4.91. The number of rotatable bonds is 4. The van der Waals surface area contributed by atoms with Crippen LogP contribution >= 0.6 is 0 Å². The average Bonchev–Trinajstić information content (AvgIpc) is 3.88. The van der Waals surface area contributed by atoms with Crippen molar-refractivity contribution >= 4 is 49.4 Å². The number of amidine groups is 1. The summed E-state index contributed by atoms with van der Waals surface area (Å²) < 4.78 is 12.0. The predicted molar refractivity (Wildman–Crippen MR) is 259 cm³/mol. The number of hydrogen-bond donors (Lipinski definition) is 2. The monoisotopic (exact) mass is 823 g/mol. The number of hydrogen-bond acceptors (Lipinski definition) is 4. The fraction of sp³-hybridized carbons (Fsp3) is 0.0862. The summed E-state index contributed by atoms with van der Waals surface area (Å²) in [7, 11) is 0. The van der Waals surface area contributed by atoms with E-state index < -0.39 is 5.41 Å². The summed E-state index contributed by atoms with van der Waals surface area (Å²) in [5.74, 6) is 2.93. The predicted octanol–water partition coefficient (Wildman–Crippen LogP) is 12.8. The molecule has 4 unspecified atom stereocenters. The van der Waals surface area contributed by atoms with Crippen molar-refractivity contribution in [2.75, 3.05) is 0 Å². The average molecular weight is 824 g/mol. The molecule has 0 fully saturated rings. The summed E-state index contributed by atoms with van der Waals surface area (Å²) in [4.78, 5) is 5.25. The van der Waals surface area contributed by atoms with Crippen LogP contribution in [-0.2, 0) is 5.41 Å². The number of allylic oxidation sites excluding steroid dienone is 3. The van der Waals surface area contributed by atoms with Gasteiger partial charge < -0.3 is 19.2 Å². The van der Waals surface area contributed by atoms with Gasteiger partial charge in [-0.15, -0.1) is 0 Å². The molecule has 2 aromatic heterocycles. The van der Waals surface area contributed by atoms with Crippen LogP contribution in [-0.4, -0.2) is 21.1 Å². The number of benzene rings is 8. The van der Waals surface area contributed by atoms with E-state index in [1.54, 1.807) is 0 Å². The Morgan fingerprint density at radius 1 is 0.547 bits per heavy atom. The molecule has 0 saturated heterocycles. The highest BCUT2D eigenvalue weighted by atomic mass is 16.5. The van der Waals surface area contributed by atoms with Crippen LogP contribution in [0, 0.1) is 5.92 Å². The van der Waals surface area contributed by atoms with Gasteiger partial charge in [0.05, 0.1) is 39.3 Å². The van der Waals surface area contributed by atoms with Crippen molar-refractivity contribution in [2.24, 2.45) is 10.9 Å². The number of aliphatic imine (C=N–C) groups is 1. The zero-order valence-electron chi connectivity index (χ0n) is 34.8. The number of fused-ring (bicyclic) bond motifs is 14. The topological polar surface area (TPSA) is 55.5 Å². The van der Waals surface area contributed by atoms with Gasteiger partial charge in [0.25, 0.3) is 0 Å². The molecule has 1 spiro atoms. The minimum Gasteiger partial charge on any atom is -0.457 e. The highest BCUT2D eigenvalue weighted by Gasteiger charge is 2.50. The van der Waals surface area contributed by atoms with Gasteiger partial charge in [0.1, 0.15) is 23.5 Å². The molecule has 0 radical (unpaired) electrons. The molecule has 2 N–H and O–H groups in total. The number of aromatic nitrogens is 2. The summed E-state index contributed by atoms with van der Waals surface area (Å²) in [6, 6.07) is 66.3. The first-order chi connectivity index (χ1) is 31.7. The second-order valence-corrected chi connectivity index (χ2v) is 17.5. The molecule has 0 amide bonds. The van der Waals surface area contributed by atoms with Crippen LogP contribution in [0.1, 0.15) is 46.0 Å². The molecule has 10 aromatic rings. The lowest BCUT2D eigenvalue weighted by Crippen LogP contribution is -2.54. The second kappa shape index (κ2) is 13.5. The smallest absolute Gasteiger partial charge is 0.134 e. The molecule has 6 heteroatoms. The maximum Gasteiger partial charge on any atom is 0.134 e. The first kappa shape index (κ1) is 35.6. The van der Waals surface area contributed by atoms with E-state index in [-0.39, 0.29) is 12.3 Å². The molecule has 6 nitrogen and oxygen atoms in total. The second-order valence-electron chi connectivity index (χ2n) is 17.5. The molecule has 5 heterocycles. The number of nitrogens with one attached hydrogen (secondary N) is 2. The molecule has 0 bridgehead atoms. The maximum atomic E-state index is 7.10. The highest BCUT2D eigenvalue weighted by molar-refractivity contribution is 6.14. The van der Waals surface area contributed by atoms with Crippen LogP contribution in [0.4, 0.5) is 0 Å². The standard InChI is InChI=1S/C58H41N5O/c1-3-16-36(17-4-1)55-59-56(37-18-5-2-6-19-37)61-57(60-55)38-30-32-39(33-31-38)62-48-26-11-8-21-41(48)43-34-47-53(35-51(43)62)64-52-29-14-10-24-45(52)58(47)44-23-9-13-28-50(44)63-49-27-12-7-20-40(49)42-22-15-25-46(58)54(42)63/h1-18,20-35,37,55-56,59H,19H2,(H,60,61). The van der Waals surface area contributed by atoms with Gasteiger partial charge in [0.2, 0.25) is 0 Å². The van der Waals surface area contributed by atoms with Gasteiger partial charge in [-0.2, -0.15) is 0 Å². The van der Waals surface area contributed by atoms with E-state index in [4.69, 9.17) is 9.73 Å². The fourth-order valence-corrected chi connectivity index (χ4v) is 11.4. The van der Waals surface area contributed by atoms with Gasteiger partial charge in [-0.05, 0) is 77.7 Å². The molecule has 8 aromatic carbocycles. The zero-order valence-corrected chi connectivity index (χ0v) is 34.8. The number of ether oxygens (including phenoxy) is 1. The van der Waals surface area contributed by atoms with Gasteiger partial charge in [0.15, 0.2) is 0 Å². The summed E-state index contributed by atoms with van der Waals surface area (Å²) in [5, 5.41) is 12.5. The Morgan fingerprint density at radius 2 is 1.25 bits per heavy atom. The van der Waals surface area contributed by atoms with Crippen LogP contribution in [0.25, 0.3) is 55.0 Å². The van der Waals surface area contributed by atoms with Gasteiger partial charge in [-0.3, -0.25) is 5.32 Å². The largest absolute Gasteiger partial charge is 0.457 e.